The number of rotatable bonds is 0. The summed E-state index contributed by atoms with van der Waals surface area (Å²) in [5.41, 5.74) is 13.5. The van der Waals surface area contributed by atoms with Crippen LogP contribution in [0, 0.1) is 0 Å². The van der Waals surface area contributed by atoms with Gasteiger partial charge in [0.1, 0.15) is 0 Å². The van der Waals surface area contributed by atoms with E-state index in [4.69, 9.17) is 11.1 Å². The first kappa shape index (κ1) is 6.87. The van der Waals surface area contributed by atoms with Crippen LogP contribution in [-0.2, 0) is 0 Å². The number of hydrogen-bond donors (Lipinski definition) is 0. The maximum Gasteiger partial charge on any atom is 0.0620 e. The van der Waals surface area contributed by atoms with Crippen LogP contribution in [0.2, 0.25) is 0 Å². The fourth-order valence-corrected chi connectivity index (χ4v) is 0.408. The van der Waals surface area contributed by atoms with Crippen molar-refractivity contribution in [1.29, 1.82) is 0 Å². The second kappa shape index (κ2) is 5.87. The molecule has 1 aromatic rings. The molecule has 1 rings (SSSR count). The van der Waals surface area contributed by atoms with Crippen molar-refractivity contribution < 1.29 is 0 Å². The summed E-state index contributed by atoms with van der Waals surface area (Å²) in [6.45, 7) is 0. The van der Waals surface area contributed by atoms with Crippen LogP contribution < -0.4 is 0 Å². The van der Waals surface area contributed by atoms with Crippen LogP contribution in [-0.4, -0.2) is 9.59 Å². The lowest BCUT2D eigenvalue weighted by Gasteiger charge is -1.40. The van der Waals surface area contributed by atoms with Crippen molar-refractivity contribution in [2.45, 2.75) is 0 Å². The molecule has 0 aliphatic carbocycles. The summed E-state index contributed by atoms with van der Waals surface area (Å²) in [7, 11) is 0. The molecule has 0 aromatic carbocycles. The van der Waals surface area contributed by atoms with Gasteiger partial charge in [-0.25, -0.2) is 0 Å². The molecule has 0 radical (unpaired) electrons. The van der Waals surface area contributed by atoms with E-state index in [2.05, 4.69) is 9.59 Å². The molecule has 0 aliphatic rings. The summed E-state index contributed by atoms with van der Waals surface area (Å²) in [6.07, 6.45) is 1.66. The maximum atomic E-state index is 6.75. The van der Waals surface area contributed by atoms with Crippen LogP contribution in [0.3, 0.4) is 0 Å². The average molecular weight is 128 g/mol. The summed E-state index contributed by atoms with van der Waals surface area (Å²) < 4.78 is 3.51. The lowest BCUT2D eigenvalue weighted by atomic mass is 11.1. The number of hydrogen-bond acceptors (Lipinski definition) is 3. The Hall–Kier alpha value is -1.13. The third kappa shape index (κ3) is 4.87. The minimum Gasteiger partial charge on any atom is -0.373 e. The number of nitrogens with zero attached hydrogens (tertiary/aromatic N) is 5. The molecule has 0 bridgehead atoms. The van der Waals surface area contributed by atoms with Crippen LogP contribution in [0.4, 0.5) is 0 Å². The van der Waals surface area contributed by atoms with E-state index in [-0.39, 0.29) is 0 Å². The van der Waals surface area contributed by atoms with Gasteiger partial charge in [0.25, 0.3) is 0 Å². The summed E-state index contributed by atoms with van der Waals surface area (Å²) in [5.74, 6) is 0. The van der Waals surface area contributed by atoms with E-state index in [1.807, 2.05) is 5.38 Å². The van der Waals surface area contributed by atoms with Crippen molar-refractivity contribution >= 4 is 11.5 Å². The fourth-order valence-electron chi connectivity index (χ4n) is 0.136. The quantitative estimate of drug-likeness (QED) is 0.300. The molecule has 0 N–H and O–H groups in total. The Balaban J connectivity index is 0.000000145. The SMILES string of the molecule is [N-]=[N+]=[N-].c1csnn1. The highest BCUT2D eigenvalue weighted by Gasteiger charge is 1.61. The van der Waals surface area contributed by atoms with Crippen LogP contribution in [0.1, 0.15) is 0 Å². The largest absolute Gasteiger partial charge is 0.373 e. The molecule has 1 aromatic heterocycles. The lowest BCUT2D eigenvalue weighted by Crippen LogP contribution is -1.51. The monoisotopic (exact) mass is 128 g/mol. The summed E-state index contributed by atoms with van der Waals surface area (Å²) >= 11 is 1.35. The molecule has 0 aliphatic heterocycles. The highest BCUT2D eigenvalue weighted by Crippen LogP contribution is 1.78. The van der Waals surface area contributed by atoms with E-state index in [0.29, 0.717) is 0 Å². The lowest BCUT2D eigenvalue weighted by molar-refractivity contribution is 1.16. The van der Waals surface area contributed by atoms with Crippen molar-refractivity contribution in [3.8, 4) is 0 Å². The van der Waals surface area contributed by atoms with E-state index in [1.54, 1.807) is 6.20 Å². The second-order valence-corrected chi connectivity index (χ2v) is 1.32. The van der Waals surface area contributed by atoms with Crippen LogP contribution in [0.5, 0.6) is 0 Å². The Morgan fingerprint density at radius 1 is 1.50 bits per heavy atom. The van der Waals surface area contributed by atoms with Gasteiger partial charge < -0.3 is 11.1 Å². The summed E-state index contributed by atoms with van der Waals surface area (Å²) in [6, 6.07) is 0. The first-order chi connectivity index (χ1) is 3.91. The second-order valence-electron chi connectivity index (χ2n) is 0.677. The minimum absolute atomic E-state index is 1.35. The highest BCUT2D eigenvalue weighted by atomic mass is 32.1. The van der Waals surface area contributed by atoms with Gasteiger partial charge in [-0.1, -0.05) is 4.49 Å². The fraction of sp³-hybridized carbons (Fsp3) is 0. The predicted octanol–water partition coefficient (Wildman–Crippen LogP) is 1.40. The van der Waals surface area contributed by atoms with E-state index >= 15 is 0 Å². The van der Waals surface area contributed by atoms with E-state index in [0.717, 1.165) is 0 Å². The van der Waals surface area contributed by atoms with Gasteiger partial charge in [-0.3, -0.25) is 4.91 Å². The van der Waals surface area contributed by atoms with Crippen molar-refractivity contribution in [3.05, 3.63) is 27.6 Å². The molecular formula is C2H2N5S-. The first-order valence-electron chi connectivity index (χ1n) is 1.61. The Morgan fingerprint density at radius 2 is 2.12 bits per heavy atom. The first-order valence-corrected chi connectivity index (χ1v) is 2.45. The van der Waals surface area contributed by atoms with Gasteiger partial charge in [-0.15, -0.1) is 5.10 Å². The molecule has 0 unspecified atom stereocenters. The molecule has 0 amide bonds. The van der Waals surface area contributed by atoms with E-state index < -0.39 is 0 Å². The summed E-state index contributed by atoms with van der Waals surface area (Å²) in [4.78, 5) is 1.50. The molecule has 5 nitrogen and oxygen atoms in total. The van der Waals surface area contributed by atoms with Crippen molar-refractivity contribution in [3.63, 3.8) is 0 Å². The Kier molecular flexibility index (Phi) is 5.04. The van der Waals surface area contributed by atoms with Gasteiger partial charge >= 0.3 is 0 Å². The highest BCUT2D eigenvalue weighted by molar-refractivity contribution is 7.03. The molecular weight excluding hydrogens is 126 g/mol. The van der Waals surface area contributed by atoms with Crippen molar-refractivity contribution in [2.75, 3.05) is 0 Å². The smallest absolute Gasteiger partial charge is 0.0620 e. The Bertz CT molecular complexity index is 122. The van der Waals surface area contributed by atoms with Crippen molar-refractivity contribution in [1.82, 2.24) is 9.59 Å². The molecule has 0 atom stereocenters. The zero-order valence-electron chi connectivity index (χ0n) is 3.80. The molecule has 6 heteroatoms. The molecule has 0 saturated carbocycles. The normalized spacial score (nSPS) is 6.00. The van der Waals surface area contributed by atoms with Crippen molar-refractivity contribution in [2.24, 2.45) is 0 Å². The Labute approximate surface area is 49.6 Å². The third-order valence-electron chi connectivity index (χ3n) is 0.283. The number of aromatic nitrogens is 2. The van der Waals surface area contributed by atoms with Gasteiger partial charge in [-0.05, 0) is 11.5 Å². The molecule has 1 heterocycles. The predicted molar refractivity (Wildman–Crippen MR) is 30.0 cm³/mol. The Morgan fingerprint density at radius 3 is 2.25 bits per heavy atom. The van der Waals surface area contributed by atoms with Gasteiger partial charge in [0.15, 0.2) is 0 Å². The van der Waals surface area contributed by atoms with E-state index in [9.17, 15) is 0 Å². The topological polar surface area (TPSA) is 84.5 Å². The average Bonchev–Trinajstić information content (AvgIpc) is 2.17. The van der Waals surface area contributed by atoms with Gasteiger partial charge in [0, 0.05) is 5.38 Å². The molecule has 0 fully saturated rings. The van der Waals surface area contributed by atoms with Crippen LogP contribution in [0.15, 0.2) is 11.6 Å². The van der Waals surface area contributed by atoms with Crippen LogP contribution in [0.25, 0.3) is 16.0 Å². The van der Waals surface area contributed by atoms with Gasteiger partial charge in [0.05, 0.1) is 6.20 Å². The molecule has 0 saturated heterocycles. The van der Waals surface area contributed by atoms with E-state index in [1.165, 1.54) is 16.4 Å². The van der Waals surface area contributed by atoms with Gasteiger partial charge in [-0.2, -0.15) is 0 Å². The molecule has 42 valence electrons. The summed E-state index contributed by atoms with van der Waals surface area (Å²) in [5, 5.41) is 5.31. The maximum absolute atomic E-state index is 6.75. The molecule has 8 heavy (non-hydrogen) atoms. The standard InChI is InChI=1S/C2H2N2S.N3/c1-2-5-4-3-1;1-3-2/h1-2H;/q;-1. The van der Waals surface area contributed by atoms with Crippen LogP contribution >= 0.6 is 11.5 Å². The third-order valence-corrected chi connectivity index (χ3v) is 0.715. The minimum atomic E-state index is 1.35. The zero-order chi connectivity index (χ0) is 6.24. The molecule has 0 spiro atoms. The van der Waals surface area contributed by atoms with Gasteiger partial charge in [0.2, 0.25) is 0 Å². The zero-order valence-corrected chi connectivity index (χ0v) is 4.62.